The van der Waals surface area contributed by atoms with Crippen molar-refractivity contribution in [3.63, 3.8) is 0 Å². The summed E-state index contributed by atoms with van der Waals surface area (Å²) in [4.78, 5) is 12.1. The van der Waals surface area contributed by atoms with Gasteiger partial charge in [-0.1, -0.05) is 35.1 Å². The highest BCUT2D eigenvalue weighted by atomic mass is 35.5. The van der Waals surface area contributed by atoms with Crippen LogP contribution in [0.3, 0.4) is 0 Å². The normalized spacial score (nSPS) is 10.5. The summed E-state index contributed by atoms with van der Waals surface area (Å²) in [5, 5.41) is 13.0. The standard InChI is InChI=1S/C20H20ClN3O3S/c1-26-16-8-10-17(11-9-16)27-12-2-3-18(25)22-20-24-23-19(28-20)13-14-4-6-15(21)7-5-14/h4-11H,2-3,12-13H2,1H3,(H,22,24,25). The number of rotatable bonds is 9. The second-order valence-corrected chi connectivity index (χ2v) is 7.48. The summed E-state index contributed by atoms with van der Waals surface area (Å²) in [5.41, 5.74) is 1.09. The smallest absolute Gasteiger partial charge is 0.226 e. The lowest BCUT2D eigenvalue weighted by atomic mass is 10.2. The minimum atomic E-state index is -0.104. The molecule has 0 bridgehead atoms. The van der Waals surface area contributed by atoms with E-state index in [0.717, 1.165) is 22.1 Å². The zero-order valence-corrected chi connectivity index (χ0v) is 16.9. The largest absolute Gasteiger partial charge is 0.497 e. The first kappa shape index (κ1) is 20.1. The van der Waals surface area contributed by atoms with Crippen molar-refractivity contribution < 1.29 is 14.3 Å². The Labute approximate surface area is 172 Å². The molecule has 0 fully saturated rings. The van der Waals surface area contributed by atoms with Gasteiger partial charge in [0.2, 0.25) is 11.0 Å². The summed E-state index contributed by atoms with van der Waals surface area (Å²) < 4.78 is 10.7. The van der Waals surface area contributed by atoms with Crippen LogP contribution in [0, 0.1) is 0 Å². The van der Waals surface area contributed by atoms with E-state index in [1.54, 1.807) is 7.11 Å². The van der Waals surface area contributed by atoms with E-state index in [0.29, 0.717) is 36.0 Å². The highest BCUT2D eigenvalue weighted by molar-refractivity contribution is 7.15. The van der Waals surface area contributed by atoms with Gasteiger partial charge in [-0.2, -0.15) is 0 Å². The lowest BCUT2D eigenvalue weighted by molar-refractivity contribution is -0.116. The molecule has 1 aromatic heterocycles. The third-order valence-corrected chi connectivity index (χ3v) is 4.95. The molecular formula is C20H20ClN3O3S. The van der Waals surface area contributed by atoms with E-state index in [1.165, 1.54) is 11.3 Å². The molecule has 146 valence electrons. The zero-order chi connectivity index (χ0) is 19.8. The predicted octanol–water partition coefficient (Wildman–Crippen LogP) is 4.59. The molecule has 0 atom stereocenters. The maximum absolute atomic E-state index is 12.1. The van der Waals surface area contributed by atoms with Crippen molar-refractivity contribution in [3.05, 3.63) is 64.1 Å². The summed E-state index contributed by atoms with van der Waals surface area (Å²) >= 11 is 7.26. The minimum Gasteiger partial charge on any atom is -0.497 e. The van der Waals surface area contributed by atoms with Crippen molar-refractivity contribution >= 4 is 34.0 Å². The maximum Gasteiger partial charge on any atom is 0.226 e. The quantitative estimate of drug-likeness (QED) is 0.515. The van der Waals surface area contributed by atoms with E-state index in [4.69, 9.17) is 21.1 Å². The van der Waals surface area contributed by atoms with E-state index in [1.807, 2.05) is 48.5 Å². The second kappa shape index (κ2) is 10.1. The molecule has 0 radical (unpaired) electrons. The van der Waals surface area contributed by atoms with Crippen LogP contribution in [0.2, 0.25) is 5.02 Å². The number of halogens is 1. The second-order valence-electron chi connectivity index (χ2n) is 5.98. The fourth-order valence-corrected chi connectivity index (χ4v) is 3.35. The van der Waals surface area contributed by atoms with Gasteiger partial charge in [-0.3, -0.25) is 4.79 Å². The van der Waals surface area contributed by atoms with Crippen molar-refractivity contribution in [2.45, 2.75) is 19.3 Å². The van der Waals surface area contributed by atoms with Gasteiger partial charge in [-0.15, -0.1) is 10.2 Å². The van der Waals surface area contributed by atoms with Crippen LogP contribution < -0.4 is 14.8 Å². The molecule has 28 heavy (non-hydrogen) atoms. The van der Waals surface area contributed by atoms with Crippen molar-refractivity contribution in [1.29, 1.82) is 0 Å². The van der Waals surface area contributed by atoms with Gasteiger partial charge in [0.1, 0.15) is 16.5 Å². The van der Waals surface area contributed by atoms with Crippen LogP contribution in [0.1, 0.15) is 23.4 Å². The van der Waals surface area contributed by atoms with Gasteiger partial charge < -0.3 is 14.8 Å². The highest BCUT2D eigenvalue weighted by Crippen LogP contribution is 2.20. The van der Waals surface area contributed by atoms with Gasteiger partial charge in [0.25, 0.3) is 0 Å². The summed E-state index contributed by atoms with van der Waals surface area (Å²) in [6.45, 7) is 0.456. The molecule has 0 spiro atoms. The van der Waals surface area contributed by atoms with Gasteiger partial charge in [0.05, 0.1) is 13.7 Å². The zero-order valence-electron chi connectivity index (χ0n) is 15.4. The Morgan fingerprint density at radius 1 is 1.07 bits per heavy atom. The number of nitrogens with zero attached hydrogens (tertiary/aromatic N) is 2. The average Bonchev–Trinajstić information content (AvgIpc) is 3.14. The Bertz CT molecular complexity index is 898. The van der Waals surface area contributed by atoms with Gasteiger partial charge in [0.15, 0.2) is 0 Å². The molecule has 0 aliphatic carbocycles. The molecule has 0 saturated carbocycles. The topological polar surface area (TPSA) is 73.3 Å². The maximum atomic E-state index is 12.1. The highest BCUT2D eigenvalue weighted by Gasteiger charge is 2.09. The van der Waals surface area contributed by atoms with Crippen molar-refractivity contribution in [2.75, 3.05) is 19.0 Å². The SMILES string of the molecule is COc1ccc(OCCCC(=O)Nc2nnc(Cc3ccc(Cl)cc3)s2)cc1. The molecule has 8 heteroatoms. The number of anilines is 1. The van der Waals surface area contributed by atoms with Crippen molar-refractivity contribution in [2.24, 2.45) is 0 Å². The molecule has 1 heterocycles. The first-order chi connectivity index (χ1) is 13.6. The average molecular weight is 418 g/mol. The van der Waals surface area contributed by atoms with Crippen LogP contribution >= 0.6 is 22.9 Å². The molecule has 3 rings (SSSR count). The van der Waals surface area contributed by atoms with Gasteiger partial charge in [-0.05, 0) is 48.4 Å². The number of aromatic nitrogens is 2. The number of amides is 1. The molecule has 3 aromatic rings. The molecule has 0 saturated heterocycles. The summed E-state index contributed by atoms with van der Waals surface area (Å²) in [6.07, 6.45) is 1.61. The Morgan fingerprint density at radius 3 is 2.50 bits per heavy atom. The van der Waals surface area contributed by atoms with Gasteiger partial charge in [0, 0.05) is 17.9 Å². The fraction of sp³-hybridized carbons (Fsp3) is 0.250. The van der Waals surface area contributed by atoms with Crippen molar-refractivity contribution in [3.8, 4) is 11.5 Å². The van der Waals surface area contributed by atoms with Crippen LogP contribution in [0.15, 0.2) is 48.5 Å². The Morgan fingerprint density at radius 2 is 1.79 bits per heavy atom. The van der Waals surface area contributed by atoms with E-state index in [9.17, 15) is 4.79 Å². The van der Waals surface area contributed by atoms with E-state index >= 15 is 0 Å². The van der Waals surface area contributed by atoms with E-state index < -0.39 is 0 Å². The molecule has 0 aliphatic heterocycles. The monoisotopic (exact) mass is 417 g/mol. The Hall–Kier alpha value is -2.64. The number of carbonyl (C=O) groups is 1. The minimum absolute atomic E-state index is 0.104. The number of benzene rings is 2. The fourth-order valence-electron chi connectivity index (χ4n) is 2.43. The molecule has 2 aromatic carbocycles. The number of hydrogen-bond acceptors (Lipinski definition) is 6. The third kappa shape index (κ3) is 6.21. The molecule has 0 aliphatic rings. The van der Waals surface area contributed by atoms with Crippen LogP contribution in [-0.2, 0) is 11.2 Å². The van der Waals surface area contributed by atoms with Crippen molar-refractivity contribution in [1.82, 2.24) is 10.2 Å². The molecule has 0 unspecified atom stereocenters. The molecule has 6 nitrogen and oxygen atoms in total. The van der Waals surface area contributed by atoms with Crippen LogP contribution in [0.25, 0.3) is 0 Å². The third-order valence-electron chi connectivity index (χ3n) is 3.86. The number of carbonyl (C=O) groups excluding carboxylic acids is 1. The van der Waals surface area contributed by atoms with E-state index in [-0.39, 0.29) is 5.91 Å². The summed E-state index contributed by atoms with van der Waals surface area (Å²) in [5.74, 6) is 1.42. The Kier molecular flexibility index (Phi) is 7.22. The lowest BCUT2D eigenvalue weighted by Crippen LogP contribution is -2.12. The molecule has 1 amide bonds. The number of ether oxygens (including phenoxy) is 2. The summed E-state index contributed by atoms with van der Waals surface area (Å²) in [6, 6.07) is 14.9. The van der Waals surface area contributed by atoms with Gasteiger partial charge in [-0.25, -0.2) is 0 Å². The number of hydrogen-bond donors (Lipinski definition) is 1. The predicted molar refractivity (Wildman–Crippen MR) is 111 cm³/mol. The lowest BCUT2D eigenvalue weighted by Gasteiger charge is -2.06. The Balaban J connectivity index is 1.38. The first-order valence-corrected chi connectivity index (χ1v) is 9.95. The molecular weight excluding hydrogens is 398 g/mol. The van der Waals surface area contributed by atoms with Crippen LogP contribution in [-0.4, -0.2) is 29.8 Å². The number of nitrogens with one attached hydrogen (secondary N) is 1. The van der Waals surface area contributed by atoms with Gasteiger partial charge >= 0.3 is 0 Å². The number of methoxy groups -OCH3 is 1. The summed E-state index contributed by atoms with van der Waals surface area (Å²) in [7, 11) is 1.62. The van der Waals surface area contributed by atoms with E-state index in [2.05, 4.69) is 15.5 Å². The molecule has 1 N–H and O–H groups in total. The van der Waals surface area contributed by atoms with Crippen LogP contribution in [0.4, 0.5) is 5.13 Å². The first-order valence-electron chi connectivity index (χ1n) is 8.76. The van der Waals surface area contributed by atoms with Crippen LogP contribution in [0.5, 0.6) is 11.5 Å².